The standard InChI is InChI=1S/C26H51NO4/c1-6-7-8-9-10-11-12-13-14-15-16-19-23(2)26(29)30-22-24(3)31-25(28)20-17-18-21-27(4)5/h23-24H,6-22H2,1-5H3. The predicted molar refractivity (Wildman–Crippen MR) is 129 cm³/mol. The summed E-state index contributed by atoms with van der Waals surface area (Å²) in [6.45, 7) is 7.08. The highest BCUT2D eigenvalue weighted by molar-refractivity contribution is 5.72. The molecule has 0 rings (SSSR count). The number of hydrogen-bond donors (Lipinski definition) is 0. The highest BCUT2D eigenvalue weighted by Gasteiger charge is 2.17. The quantitative estimate of drug-likeness (QED) is 0.150. The van der Waals surface area contributed by atoms with Crippen LogP contribution in [0.15, 0.2) is 0 Å². The van der Waals surface area contributed by atoms with Gasteiger partial charge >= 0.3 is 11.9 Å². The minimum atomic E-state index is -0.389. The number of carbonyl (C=O) groups is 2. The molecular weight excluding hydrogens is 390 g/mol. The van der Waals surface area contributed by atoms with E-state index in [1.807, 2.05) is 21.0 Å². The molecule has 5 nitrogen and oxygen atoms in total. The van der Waals surface area contributed by atoms with Gasteiger partial charge in [0.15, 0.2) is 0 Å². The summed E-state index contributed by atoms with van der Waals surface area (Å²) >= 11 is 0. The monoisotopic (exact) mass is 441 g/mol. The first-order valence-electron chi connectivity index (χ1n) is 12.9. The lowest BCUT2D eigenvalue weighted by molar-refractivity contribution is -0.160. The van der Waals surface area contributed by atoms with Gasteiger partial charge in [0.1, 0.15) is 12.7 Å². The number of hydrogen-bond acceptors (Lipinski definition) is 5. The zero-order valence-corrected chi connectivity index (χ0v) is 21.3. The van der Waals surface area contributed by atoms with E-state index in [1.165, 1.54) is 64.2 Å². The molecule has 0 aliphatic rings. The molecular formula is C26H51NO4. The Kier molecular flexibility index (Phi) is 20.0. The van der Waals surface area contributed by atoms with Gasteiger partial charge in [-0.15, -0.1) is 0 Å². The lowest BCUT2D eigenvalue weighted by Crippen LogP contribution is -2.24. The normalized spacial score (nSPS) is 13.2. The molecule has 0 saturated heterocycles. The van der Waals surface area contributed by atoms with Gasteiger partial charge < -0.3 is 14.4 Å². The van der Waals surface area contributed by atoms with Gasteiger partial charge in [-0.05, 0) is 46.8 Å². The molecule has 0 fully saturated rings. The Labute approximate surface area is 192 Å². The average Bonchev–Trinajstić information content (AvgIpc) is 2.73. The Balaban J connectivity index is 3.62. The maximum Gasteiger partial charge on any atom is 0.308 e. The summed E-state index contributed by atoms with van der Waals surface area (Å²) in [5.74, 6) is -0.482. The van der Waals surface area contributed by atoms with Gasteiger partial charge in [0.25, 0.3) is 0 Å². The second-order valence-corrected chi connectivity index (χ2v) is 9.42. The molecule has 31 heavy (non-hydrogen) atoms. The summed E-state index contributed by atoms with van der Waals surface area (Å²) in [6.07, 6.45) is 17.1. The lowest BCUT2D eigenvalue weighted by atomic mass is 10.0. The highest BCUT2D eigenvalue weighted by Crippen LogP contribution is 2.15. The van der Waals surface area contributed by atoms with Crippen molar-refractivity contribution in [1.82, 2.24) is 4.90 Å². The van der Waals surface area contributed by atoms with E-state index in [1.54, 1.807) is 6.92 Å². The van der Waals surface area contributed by atoms with E-state index in [0.29, 0.717) is 6.42 Å². The summed E-state index contributed by atoms with van der Waals surface area (Å²) in [7, 11) is 4.04. The van der Waals surface area contributed by atoms with Crippen LogP contribution in [0, 0.1) is 5.92 Å². The Morgan fingerprint density at radius 2 is 1.32 bits per heavy atom. The van der Waals surface area contributed by atoms with Crippen molar-refractivity contribution in [3.05, 3.63) is 0 Å². The molecule has 0 aromatic heterocycles. The molecule has 5 heteroatoms. The summed E-state index contributed by atoms with van der Waals surface area (Å²) < 4.78 is 10.7. The van der Waals surface area contributed by atoms with Crippen molar-refractivity contribution in [1.29, 1.82) is 0 Å². The molecule has 0 radical (unpaired) electrons. The van der Waals surface area contributed by atoms with Gasteiger partial charge in [0.2, 0.25) is 0 Å². The van der Waals surface area contributed by atoms with Crippen LogP contribution in [0.3, 0.4) is 0 Å². The topological polar surface area (TPSA) is 55.8 Å². The maximum absolute atomic E-state index is 12.2. The Hall–Kier alpha value is -1.10. The number of esters is 2. The maximum atomic E-state index is 12.2. The summed E-state index contributed by atoms with van der Waals surface area (Å²) in [5, 5.41) is 0. The number of carbonyl (C=O) groups excluding carboxylic acids is 2. The van der Waals surface area contributed by atoms with Crippen LogP contribution in [-0.4, -0.2) is 50.2 Å². The molecule has 0 spiro atoms. The zero-order chi connectivity index (χ0) is 23.3. The van der Waals surface area contributed by atoms with Crippen LogP contribution in [0.25, 0.3) is 0 Å². The minimum Gasteiger partial charge on any atom is -0.462 e. The molecule has 184 valence electrons. The molecule has 0 N–H and O–H groups in total. The first-order valence-corrected chi connectivity index (χ1v) is 12.9. The summed E-state index contributed by atoms with van der Waals surface area (Å²) in [6, 6.07) is 0. The number of ether oxygens (including phenoxy) is 2. The molecule has 0 saturated carbocycles. The first-order chi connectivity index (χ1) is 14.9. The van der Waals surface area contributed by atoms with Crippen LogP contribution in [0.5, 0.6) is 0 Å². The van der Waals surface area contributed by atoms with Crippen LogP contribution in [0.4, 0.5) is 0 Å². The van der Waals surface area contributed by atoms with Gasteiger partial charge in [-0.3, -0.25) is 9.59 Å². The molecule has 0 amide bonds. The SMILES string of the molecule is CCCCCCCCCCCCCC(C)C(=O)OCC(C)OC(=O)CCCCN(C)C. The summed E-state index contributed by atoms with van der Waals surface area (Å²) in [5.41, 5.74) is 0. The third kappa shape index (κ3) is 20.6. The fraction of sp³-hybridized carbons (Fsp3) is 0.923. The second-order valence-electron chi connectivity index (χ2n) is 9.42. The molecule has 0 aromatic rings. The van der Waals surface area contributed by atoms with Crippen molar-refractivity contribution >= 4 is 11.9 Å². The Bertz CT molecular complexity index is 439. The van der Waals surface area contributed by atoms with Crippen LogP contribution in [0.2, 0.25) is 0 Å². The van der Waals surface area contributed by atoms with Crippen LogP contribution in [0.1, 0.15) is 117 Å². The molecule has 0 heterocycles. The van der Waals surface area contributed by atoms with Crippen molar-refractivity contribution in [2.45, 2.75) is 123 Å². The van der Waals surface area contributed by atoms with Crippen molar-refractivity contribution in [2.75, 3.05) is 27.2 Å². The van der Waals surface area contributed by atoms with Gasteiger partial charge in [0.05, 0.1) is 5.92 Å². The number of unbranched alkanes of at least 4 members (excludes halogenated alkanes) is 11. The molecule has 2 unspecified atom stereocenters. The third-order valence-corrected chi connectivity index (χ3v) is 5.67. The largest absolute Gasteiger partial charge is 0.462 e. The predicted octanol–water partition coefficient (Wildman–Crippen LogP) is 6.53. The fourth-order valence-electron chi connectivity index (χ4n) is 3.59. The smallest absolute Gasteiger partial charge is 0.308 e. The van der Waals surface area contributed by atoms with Crippen molar-refractivity contribution in [3.63, 3.8) is 0 Å². The van der Waals surface area contributed by atoms with E-state index >= 15 is 0 Å². The van der Waals surface area contributed by atoms with E-state index in [0.717, 1.165) is 32.2 Å². The van der Waals surface area contributed by atoms with Crippen molar-refractivity contribution in [2.24, 2.45) is 5.92 Å². The Morgan fingerprint density at radius 3 is 1.87 bits per heavy atom. The van der Waals surface area contributed by atoms with Gasteiger partial charge in [-0.2, -0.15) is 0 Å². The van der Waals surface area contributed by atoms with Crippen LogP contribution >= 0.6 is 0 Å². The van der Waals surface area contributed by atoms with E-state index in [-0.39, 0.29) is 30.6 Å². The molecule has 0 aromatic carbocycles. The van der Waals surface area contributed by atoms with Crippen LogP contribution < -0.4 is 0 Å². The summed E-state index contributed by atoms with van der Waals surface area (Å²) in [4.78, 5) is 26.1. The highest BCUT2D eigenvalue weighted by atomic mass is 16.6. The van der Waals surface area contributed by atoms with E-state index < -0.39 is 0 Å². The lowest BCUT2D eigenvalue weighted by Gasteiger charge is -2.16. The van der Waals surface area contributed by atoms with Gasteiger partial charge in [-0.25, -0.2) is 0 Å². The Morgan fingerprint density at radius 1 is 0.774 bits per heavy atom. The molecule has 2 atom stereocenters. The van der Waals surface area contributed by atoms with E-state index in [9.17, 15) is 9.59 Å². The third-order valence-electron chi connectivity index (χ3n) is 5.67. The van der Waals surface area contributed by atoms with Crippen molar-refractivity contribution < 1.29 is 19.1 Å². The van der Waals surface area contributed by atoms with E-state index in [4.69, 9.17) is 9.47 Å². The minimum absolute atomic E-state index is 0.0903. The molecule has 0 aliphatic carbocycles. The van der Waals surface area contributed by atoms with Gasteiger partial charge in [0, 0.05) is 6.42 Å². The average molecular weight is 442 g/mol. The van der Waals surface area contributed by atoms with E-state index in [2.05, 4.69) is 11.8 Å². The zero-order valence-electron chi connectivity index (χ0n) is 21.3. The number of rotatable bonds is 21. The second kappa shape index (κ2) is 20.8. The molecule has 0 bridgehead atoms. The van der Waals surface area contributed by atoms with Crippen molar-refractivity contribution in [3.8, 4) is 0 Å². The first kappa shape index (κ1) is 29.9. The number of nitrogens with zero attached hydrogens (tertiary/aromatic N) is 1. The van der Waals surface area contributed by atoms with Gasteiger partial charge in [-0.1, -0.05) is 84.5 Å². The fourth-order valence-corrected chi connectivity index (χ4v) is 3.59. The molecule has 0 aliphatic heterocycles. The van der Waals surface area contributed by atoms with Crippen LogP contribution in [-0.2, 0) is 19.1 Å².